The number of carbonyl (C=O) groups excluding carboxylic acids is 2. The molecule has 0 saturated heterocycles. The van der Waals surface area contributed by atoms with Crippen molar-refractivity contribution in [3.63, 3.8) is 0 Å². The molecule has 0 radical (unpaired) electrons. The van der Waals surface area contributed by atoms with Gasteiger partial charge in [-0.15, -0.1) is 0 Å². The molecule has 1 atom stereocenters. The van der Waals surface area contributed by atoms with Crippen molar-refractivity contribution in [1.82, 2.24) is 0 Å². The van der Waals surface area contributed by atoms with E-state index in [1.807, 2.05) is 0 Å². The van der Waals surface area contributed by atoms with Crippen LogP contribution >= 0.6 is 11.8 Å². The lowest BCUT2D eigenvalue weighted by Gasteiger charge is -2.06. The number of rotatable bonds is 24. The molecule has 0 fully saturated rings. The smallest absolute Gasteiger partial charge is 0.306 e. The standard InChI is InChI=1S/C25H49NO3S/c1-2-3-4-5-6-7-8-9-10-11-12-13-14-15-16-17-20-29-25(28)19-22-30-21-18-24(26)23-27/h23-24H,2-22,26H2,1H3. The zero-order chi connectivity index (χ0) is 22.1. The van der Waals surface area contributed by atoms with E-state index >= 15 is 0 Å². The van der Waals surface area contributed by atoms with Crippen molar-refractivity contribution >= 4 is 24.0 Å². The third-order valence-electron chi connectivity index (χ3n) is 5.48. The number of hydrogen-bond acceptors (Lipinski definition) is 5. The number of thioether (sulfide) groups is 1. The van der Waals surface area contributed by atoms with Crippen LogP contribution in [-0.4, -0.2) is 36.4 Å². The second-order valence-corrected chi connectivity index (χ2v) is 9.70. The third kappa shape index (κ3) is 23.7. The molecular weight excluding hydrogens is 394 g/mol. The fourth-order valence-electron chi connectivity index (χ4n) is 3.45. The maximum atomic E-state index is 11.6. The van der Waals surface area contributed by atoms with Crippen molar-refractivity contribution < 1.29 is 14.3 Å². The SMILES string of the molecule is CCCCCCCCCCCCCCCCCCOC(=O)CCSCCC(N)C=O. The lowest BCUT2D eigenvalue weighted by atomic mass is 10.0. The van der Waals surface area contributed by atoms with E-state index in [0.29, 0.717) is 19.4 Å². The minimum absolute atomic E-state index is 0.108. The highest BCUT2D eigenvalue weighted by atomic mass is 32.2. The first-order valence-electron chi connectivity index (χ1n) is 12.6. The second-order valence-electron chi connectivity index (χ2n) is 8.47. The zero-order valence-corrected chi connectivity index (χ0v) is 20.5. The average Bonchev–Trinajstić information content (AvgIpc) is 2.75. The van der Waals surface area contributed by atoms with Crippen LogP contribution in [0.3, 0.4) is 0 Å². The molecular formula is C25H49NO3S. The number of ether oxygens (including phenoxy) is 1. The molecule has 0 aliphatic rings. The summed E-state index contributed by atoms with van der Waals surface area (Å²) in [5.41, 5.74) is 5.52. The second kappa shape index (κ2) is 24.7. The quantitative estimate of drug-likeness (QED) is 0.101. The summed E-state index contributed by atoms with van der Waals surface area (Å²) in [5, 5.41) is 0. The van der Waals surface area contributed by atoms with Crippen LogP contribution < -0.4 is 5.73 Å². The molecule has 0 spiro atoms. The minimum atomic E-state index is -0.376. The molecule has 30 heavy (non-hydrogen) atoms. The van der Waals surface area contributed by atoms with Gasteiger partial charge in [0.15, 0.2) is 0 Å². The van der Waals surface area contributed by atoms with Crippen LogP contribution in [0.25, 0.3) is 0 Å². The molecule has 5 heteroatoms. The Morgan fingerprint density at radius 2 is 1.27 bits per heavy atom. The van der Waals surface area contributed by atoms with Gasteiger partial charge in [-0.3, -0.25) is 4.79 Å². The van der Waals surface area contributed by atoms with Gasteiger partial charge < -0.3 is 15.3 Å². The van der Waals surface area contributed by atoms with Gasteiger partial charge >= 0.3 is 5.97 Å². The molecule has 2 N–H and O–H groups in total. The molecule has 0 rings (SSSR count). The predicted molar refractivity (Wildman–Crippen MR) is 131 cm³/mol. The van der Waals surface area contributed by atoms with Crippen LogP contribution in [0.2, 0.25) is 0 Å². The molecule has 0 saturated carbocycles. The summed E-state index contributed by atoms with van der Waals surface area (Å²) in [6, 6.07) is -0.376. The fourth-order valence-corrected chi connectivity index (χ4v) is 4.41. The van der Waals surface area contributed by atoms with E-state index < -0.39 is 0 Å². The molecule has 4 nitrogen and oxygen atoms in total. The van der Waals surface area contributed by atoms with Gasteiger partial charge in [-0.05, 0) is 18.6 Å². The molecule has 0 aliphatic heterocycles. The zero-order valence-electron chi connectivity index (χ0n) is 19.7. The molecule has 1 unspecified atom stereocenters. The highest BCUT2D eigenvalue weighted by Gasteiger charge is 2.04. The number of hydrogen-bond donors (Lipinski definition) is 1. The Morgan fingerprint density at radius 3 is 1.73 bits per heavy atom. The number of nitrogens with two attached hydrogens (primary N) is 1. The van der Waals surface area contributed by atoms with E-state index in [9.17, 15) is 9.59 Å². The Morgan fingerprint density at radius 1 is 0.800 bits per heavy atom. The van der Waals surface area contributed by atoms with Crippen LogP contribution in [0.15, 0.2) is 0 Å². The fraction of sp³-hybridized carbons (Fsp3) is 0.920. The molecule has 0 aromatic carbocycles. The van der Waals surface area contributed by atoms with Crippen molar-refractivity contribution in [3.8, 4) is 0 Å². The number of unbranched alkanes of at least 4 members (excludes halogenated alkanes) is 15. The lowest BCUT2D eigenvalue weighted by molar-refractivity contribution is -0.143. The molecule has 0 amide bonds. The van der Waals surface area contributed by atoms with Crippen LogP contribution in [0.4, 0.5) is 0 Å². The van der Waals surface area contributed by atoms with Crippen molar-refractivity contribution in [2.24, 2.45) is 5.73 Å². The summed E-state index contributed by atoms with van der Waals surface area (Å²) in [5.74, 6) is 1.44. The Kier molecular flexibility index (Phi) is 24.3. The van der Waals surface area contributed by atoms with Gasteiger partial charge in [0.05, 0.1) is 19.1 Å². The highest BCUT2D eigenvalue weighted by molar-refractivity contribution is 7.99. The molecule has 0 aromatic heterocycles. The van der Waals surface area contributed by atoms with Crippen molar-refractivity contribution in [2.75, 3.05) is 18.1 Å². The van der Waals surface area contributed by atoms with Gasteiger partial charge in [-0.25, -0.2) is 0 Å². The topological polar surface area (TPSA) is 69.4 Å². The number of aldehydes is 1. The van der Waals surface area contributed by atoms with Crippen LogP contribution in [0, 0.1) is 0 Å². The Balaban J connectivity index is 3.15. The van der Waals surface area contributed by atoms with Crippen molar-refractivity contribution in [3.05, 3.63) is 0 Å². The van der Waals surface area contributed by atoms with Gasteiger partial charge in [-0.2, -0.15) is 11.8 Å². The number of esters is 1. The van der Waals surface area contributed by atoms with Crippen LogP contribution in [-0.2, 0) is 14.3 Å². The normalized spacial score (nSPS) is 12.1. The monoisotopic (exact) mass is 443 g/mol. The van der Waals surface area contributed by atoms with Gasteiger partial charge in [-0.1, -0.05) is 103 Å². The van der Waals surface area contributed by atoms with Crippen LogP contribution in [0.1, 0.15) is 122 Å². The summed E-state index contributed by atoms with van der Waals surface area (Å²) in [6.45, 7) is 2.83. The van der Waals surface area contributed by atoms with Gasteiger partial charge in [0, 0.05) is 5.75 Å². The van der Waals surface area contributed by atoms with E-state index in [0.717, 1.165) is 30.6 Å². The lowest BCUT2D eigenvalue weighted by Crippen LogP contribution is -2.21. The average molecular weight is 444 g/mol. The predicted octanol–water partition coefficient (Wildman–Crippen LogP) is 6.83. The molecule has 0 bridgehead atoms. The maximum absolute atomic E-state index is 11.6. The molecule has 0 aliphatic carbocycles. The van der Waals surface area contributed by atoms with Gasteiger partial charge in [0.2, 0.25) is 0 Å². The first-order chi connectivity index (χ1) is 14.7. The van der Waals surface area contributed by atoms with E-state index in [1.165, 1.54) is 89.9 Å². The maximum Gasteiger partial charge on any atom is 0.306 e. The minimum Gasteiger partial charge on any atom is -0.466 e. The Labute approximate surface area is 190 Å². The number of carbonyl (C=O) groups is 2. The van der Waals surface area contributed by atoms with Crippen molar-refractivity contribution in [1.29, 1.82) is 0 Å². The Hall–Kier alpha value is -0.550. The first-order valence-corrected chi connectivity index (χ1v) is 13.8. The third-order valence-corrected chi connectivity index (χ3v) is 6.50. The first kappa shape index (κ1) is 29.5. The van der Waals surface area contributed by atoms with Gasteiger partial charge in [0.25, 0.3) is 0 Å². The highest BCUT2D eigenvalue weighted by Crippen LogP contribution is 2.14. The molecule has 0 heterocycles. The summed E-state index contributed by atoms with van der Waals surface area (Å²) >= 11 is 1.65. The summed E-state index contributed by atoms with van der Waals surface area (Å²) < 4.78 is 5.28. The summed E-state index contributed by atoms with van der Waals surface area (Å²) in [7, 11) is 0. The summed E-state index contributed by atoms with van der Waals surface area (Å²) in [4.78, 5) is 22.0. The molecule has 0 aromatic rings. The Bertz CT molecular complexity index is 379. The van der Waals surface area contributed by atoms with Gasteiger partial charge in [0.1, 0.15) is 6.29 Å². The van der Waals surface area contributed by atoms with E-state index in [-0.39, 0.29) is 12.0 Å². The van der Waals surface area contributed by atoms with E-state index in [2.05, 4.69) is 6.92 Å². The van der Waals surface area contributed by atoms with Crippen molar-refractivity contribution in [2.45, 2.75) is 129 Å². The van der Waals surface area contributed by atoms with Crippen LogP contribution in [0.5, 0.6) is 0 Å². The summed E-state index contributed by atoms with van der Waals surface area (Å²) in [6.07, 6.45) is 23.4. The van der Waals surface area contributed by atoms with E-state index in [1.54, 1.807) is 11.8 Å². The van der Waals surface area contributed by atoms with E-state index in [4.69, 9.17) is 10.5 Å². The molecule has 178 valence electrons. The largest absolute Gasteiger partial charge is 0.466 e.